The van der Waals surface area contributed by atoms with E-state index in [-0.39, 0.29) is 12.3 Å². The van der Waals surface area contributed by atoms with Crippen molar-refractivity contribution < 1.29 is 9.53 Å². The van der Waals surface area contributed by atoms with Crippen LogP contribution in [0, 0.1) is 11.3 Å². The number of nitrogens with zero attached hydrogens (tertiary/aromatic N) is 1. The molecule has 0 bridgehead atoms. The van der Waals surface area contributed by atoms with Gasteiger partial charge in [0.2, 0.25) is 5.91 Å². The summed E-state index contributed by atoms with van der Waals surface area (Å²) in [6, 6.07) is 7.28. The summed E-state index contributed by atoms with van der Waals surface area (Å²) in [6.45, 7) is 0. The Hall–Kier alpha value is -2.02. The quantitative estimate of drug-likeness (QED) is 0.794. The van der Waals surface area contributed by atoms with E-state index in [1.807, 2.05) is 12.1 Å². The molecule has 4 heteroatoms. The van der Waals surface area contributed by atoms with Crippen molar-refractivity contribution in [3.8, 4) is 11.8 Å². The molecular weight excluding hydrogens is 192 g/mol. The summed E-state index contributed by atoms with van der Waals surface area (Å²) in [5.41, 5.74) is 6.42. The second-order valence-electron chi connectivity index (χ2n) is 3.11. The SMILES string of the molecule is COc1ccc(CCC(N)=O)cc1C#N. The zero-order valence-electron chi connectivity index (χ0n) is 8.49. The van der Waals surface area contributed by atoms with Gasteiger partial charge >= 0.3 is 0 Å². The average Bonchev–Trinajstić information content (AvgIpc) is 2.25. The van der Waals surface area contributed by atoms with E-state index < -0.39 is 0 Å². The molecule has 0 aliphatic rings. The van der Waals surface area contributed by atoms with Crippen LogP contribution in [0.4, 0.5) is 0 Å². The predicted octanol–water partition coefficient (Wildman–Crippen LogP) is 0.985. The van der Waals surface area contributed by atoms with Crippen molar-refractivity contribution in [1.82, 2.24) is 0 Å². The molecule has 0 heterocycles. The first-order valence-corrected chi connectivity index (χ1v) is 4.52. The van der Waals surface area contributed by atoms with Crippen LogP contribution in [0.2, 0.25) is 0 Å². The van der Waals surface area contributed by atoms with E-state index in [4.69, 9.17) is 15.7 Å². The van der Waals surface area contributed by atoms with Crippen LogP contribution in [0.1, 0.15) is 17.5 Å². The molecule has 0 fully saturated rings. The molecule has 1 amide bonds. The third kappa shape index (κ3) is 2.99. The third-order valence-electron chi connectivity index (χ3n) is 2.04. The van der Waals surface area contributed by atoms with E-state index in [0.717, 1.165) is 5.56 Å². The van der Waals surface area contributed by atoms with Gasteiger partial charge in [0.25, 0.3) is 0 Å². The van der Waals surface area contributed by atoms with Gasteiger partial charge in [0.15, 0.2) is 0 Å². The van der Waals surface area contributed by atoms with Gasteiger partial charge in [-0.05, 0) is 24.1 Å². The van der Waals surface area contributed by atoms with Gasteiger partial charge in [-0.15, -0.1) is 0 Å². The number of hydrogen-bond acceptors (Lipinski definition) is 3. The fourth-order valence-electron chi connectivity index (χ4n) is 1.27. The normalized spacial score (nSPS) is 9.33. The second kappa shape index (κ2) is 5.01. The Morgan fingerprint density at radius 1 is 1.60 bits per heavy atom. The van der Waals surface area contributed by atoms with Crippen LogP contribution in [-0.2, 0) is 11.2 Å². The molecule has 1 rings (SSSR count). The Morgan fingerprint density at radius 3 is 2.87 bits per heavy atom. The molecule has 0 unspecified atom stereocenters. The van der Waals surface area contributed by atoms with E-state index in [1.54, 1.807) is 12.1 Å². The average molecular weight is 204 g/mol. The summed E-state index contributed by atoms with van der Waals surface area (Å²) in [5.74, 6) is 0.199. The Kier molecular flexibility index (Phi) is 3.69. The molecule has 15 heavy (non-hydrogen) atoms. The van der Waals surface area contributed by atoms with E-state index in [1.165, 1.54) is 7.11 Å². The number of carbonyl (C=O) groups excluding carboxylic acids is 1. The van der Waals surface area contributed by atoms with Gasteiger partial charge in [0.05, 0.1) is 12.7 Å². The topological polar surface area (TPSA) is 76.1 Å². The Morgan fingerprint density at radius 2 is 2.33 bits per heavy atom. The number of nitrogens with two attached hydrogens (primary N) is 1. The predicted molar refractivity (Wildman–Crippen MR) is 55.2 cm³/mol. The van der Waals surface area contributed by atoms with Gasteiger partial charge in [0, 0.05) is 6.42 Å². The van der Waals surface area contributed by atoms with E-state index in [2.05, 4.69) is 0 Å². The first kappa shape index (κ1) is 11.1. The molecule has 0 atom stereocenters. The molecule has 0 spiro atoms. The van der Waals surface area contributed by atoms with Gasteiger partial charge in [-0.3, -0.25) is 4.79 Å². The molecule has 4 nitrogen and oxygen atoms in total. The summed E-state index contributed by atoms with van der Waals surface area (Å²) in [5, 5.41) is 8.83. The summed E-state index contributed by atoms with van der Waals surface area (Å²) < 4.78 is 5.00. The van der Waals surface area contributed by atoms with Crippen LogP contribution in [0.15, 0.2) is 18.2 Å². The summed E-state index contributed by atoms with van der Waals surface area (Å²) in [7, 11) is 1.51. The van der Waals surface area contributed by atoms with Crippen molar-refractivity contribution in [2.24, 2.45) is 5.73 Å². The number of amides is 1. The lowest BCUT2D eigenvalue weighted by Gasteiger charge is -2.04. The highest BCUT2D eigenvalue weighted by atomic mass is 16.5. The number of methoxy groups -OCH3 is 1. The molecule has 1 aromatic carbocycles. The summed E-state index contributed by atoms with van der Waals surface area (Å²) in [4.78, 5) is 10.6. The molecule has 0 aliphatic carbocycles. The molecule has 0 saturated heterocycles. The van der Waals surface area contributed by atoms with Crippen LogP contribution in [-0.4, -0.2) is 13.0 Å². The number of nitriles is 1. The van der Waals surface area contributed by atoms with Crippen molar-refractivity contribution in [1.29, 1.82) is 5.26 Å². The van der Waals surface area contributed by atoms with Crippen LogP contribution in [0.25, 0.3) is 0 Å². The number of ether oxygens (including phenoxy) is 1. The van der Waals surface area contributed by atoms with Crippen molar-refractivity contribution >= 4 is 5.91 Å². The van der Waals surface area contributed by atoms with E-state index in [9.17, 15) is 4.79 Å². The number of hydrogen-bond donors (Lipinski definition) is 1. The van der Waals surface area contributed by atoms with Gasteiger partial charge in [-0.1, -0.05) is 6.07 Å². The monoisotopic (exact) mass is 204 g/mol. The fourth-order valence-corrected chi connectivity index (χ4v) is 1.27. The molecule has 0 radical (unpaired) electrons. The number of aryl methyl sites for hydroxylation is 1. The Balaban J connectivity index is 2.85. The molecule has 78 valence electrons. The fraction of sp³-hybridized carbons (Fsp3) is 0.273. The van der Waals surface area contributed by atoms with Crippen LogP contribution in [0.5, 0.6) is 5.75 Å². The number of carbonyl (C=O) groups is 1. The molecule has 2 N–H and O–H groups in total. The maximum atomic E-state index is 10.6. The summed E-state index contributed by atoms with van der Waals surface area (Å²) in [6.07, 6.45) is 0.838. The first-order chi connectivity index (χ1) is 7.17. The van der Waals surface area contributed by atoms with E-state index >= 15 is 0 Å². The minimum Gasteiger partial charge on any atom is -0.495 e. The maximum Gasteiger partial charge on any atom is 0.217 e. The zero-order chi connectivity index (χ0) is 11.3. The maximum absolute atomic E-state index is 10.6. The minimum absolute atomic E-state index is 0.289. The van der Waals surface area contributed by atoms with Gasteiger partial charge in [-0.2, -0.15) is 5.26 Å². The van der Waals surface area contributed by atoms with E-state index in [0.29, 0.717) is 17.7 Å². The largest absolute Gasteiger partial charge is 0.495 e. The lowest BCUT2D eigenvalue weighted by molar-refractivity contribution is -0.117. The number of benzene rings is 1. The van der Waals surface area contributed by atoms with Crippen molar-refractivity contribution in [2.45, 2.75) is 12.8 Å². The standard InChI is InChI=1S/C11H12N2O2/c1-15-10-4-2-8(3-5-11(13)14)6-9(10)7-12/h2,4,6H,3,5H2,1H3,(H2,13,14). The highest BCUT2D eigenvalue weighted by Gasteiger charge is 2.04. The molecular formula is C11H12N2O2. The molecule has 1 aromatic rings. The number of rotatable bonds is 4. The second-order valence-corrected chi connectivity index (χ2v) is 3.11. The van der Waals surface area contributed by atoms with Gasteiger partial charge in [-0.25, -0.2) is 0 Å². The summed E-state index contributed by atoms with van der Waals surface area (Å²) >= 11 is 0. The lowest BCUT2D eigenvalue weighted by atomic mass is 10.1. The minimum atomic E-state index is -0.343. The third-order valence-corrected chi connectivity index (χ3v) is 2.04. The highest BCUT2D eigenvalue weighted by Crippen LogP contribution is 2.19. The van der Waals surface area contributed by atoms with Crippen molar-refractivity contribution in [3.63, 3.8) is 0 Å². The lowest BCUT2D eigenvalue weighted by Crippen LogP contribution is -2.11. The van der Waals surface area contributed by atoms with Gasteiger partial charge < -0.3 is 10.5 Å². The Labute approximate surface area is 88.3 Å². The van der Waals surface area contributed by atoms with Crippen LogP contribution >= 0.6 is 0 Å². The van der Waals surface area contributed by atoms with Crippen LogP contribution in [0.3, 0.4) is 0 Å². The smallest absolute Gasteiger partial charge is 0.217 e. The first-order valence-electron chi connectivity index (χ1n) is 4.52. The zero-order valence-corrected chi connectivity index (χ0v) is 8.49. The number of primary amides is 1. The molecule has 0 aliphatic heterocycles. The Bertz CT molecular complexity index is 408. The van der Waals surface area contributed by atoms with Crippen molar-refractivity contribution in [3.05, 3.63) is 29.3 Å². The molecule has 0 aromatic heterocycles. The van der Waals surface area contributed by atoms with Gasteiger partial charge in [0.1, 0.15) is 11.8 Å². The van der Waals surface area contributed by atoms with Crippen molar-refractivity contribution in [2.75, 3.05) is 7.11 Å². The molecule has 0 saturated carbocycles. The van der Waals surface area contributed by atoms with Crippen LogP contribution < -0.4 is 10.5 Å². The highest BCUT2D eigenvalue weighted by molar-refractivity contribution is 5.74.